The maximum atomic E-state index is 12.7. The summed E-state index contributed by atoms with van der Waals surface area (Å²) in [5, 5.41) is 27.8. The normalized spacial score (nSPS) is 12.8. The third kappa shape index (κ3) is 8.34. The summed E-state index contributed by atoms with van der Waals surface area (Å²) in [6, 6.07) is 26.3. The van der Waals surface area contributed by atoms with Crippen LogP contribution in [0.2, 0.25) is 0 Å². The predicted molar refractivity (Wildman–Crippen MR) is 166 cm³/mol. The predicted octanol–water partition coefficient (Wildman–Crippen LogP) is 6.14. The summed E-state index contributed by atoms with van der Waals surface area (Å²) in [6.45, 7) is 0.287. The highest BCUT2D eigenvalue weighted by atomic mass is 16.5. The number of aliphatic hydroxyl groups is 2. The van der Waals surface area contributed by atoms with E-state index in [0.717, 1.165) is 40.8 Å². The van der Waals surface area contributed by atoms with E-state index >= 15 is 0 Å². The number of hydrogen-bond donors (Lipinski definition) is 3. The fraction of sp³-hybridized carbons (Fsp3) is 0.222. The minimum Gasteiger partial charge on any atom is -0.508 e. The van der Waals surface area contributed by atoms with Crippen LogP contribution in [0.5, 0.6) is 23.0 Å². The third-order valence-electron chi connectivity index (χ3n) is 7.34. The molecule has 1 aliphatic rings. The first-order chi connectivity index (χ1) is 21.4. The number of aliphatic hydroxyl groups excluding tert-OH is 2. The molecule has 226 valence electrons. The van der Waals surface area contributed by atoms with Gasteiger partial charge in [0.25, 0.3) is 0 Å². The molecule has 0 saturated heterocycles. The van der Waals surface area contributed by atoms with E-state index in [1.165, 1.54) is 30.3 Å². The molecule has 1 saturated carbocycles. The first kappa shape index (κ1) is 30.5. The lowest BCUT2D eigenvalue weighted by atomic mass is 10.0. The number of benzene rings is 4. The Hall–Kier alpha value is -4.92. The zero-order valence-corrected chi connectivity index (χ0v) is 24.1. The number of esters is 2. The molecule has 0 amide bonds. The Bertz CT molecular complexity index is 1580. The van der Waals surface area contributed by atoms with E-state index in [0.29, 0.717) is 30.1 Å². The van der Waals surface area contributed by atoms with E-state index in [1.54, 1.807) is 24.3 Å². The molecule has 0 spiro atoms. The van der Waals surface area contributed by atoms with Crippen LogP contribution in [0.1, 0.15) is 46.7 Å². The first-order valence-corrected chi connectivity index (χ1v) is 14.5. The fourth-order valence-corrected chi connectivity index (χ4v) is 4.58. The lowest BCUT2D eigenvalue weighted by Gasteiger charge is -2.12. The average molecular weight is 595 g/mol. The zero-order chi connectivity index (χ0) is 30.9. The molecule has 8 heteroatoms. The van der Waals surface area contributed by atoms with Crippen molar-refractivity contribution < 1.29 is 39.1 Å². The van der Waals surface area contributed by atoms with Gasteiger partial charge in [-0.05, 0) is 103 Å². The van der Waals surface area contributed by atoms with Gasteiger partial charge in [-0.3, -0.25) is 0 Å². The highest BCUT2D eigenvalue weighted by molar-refractivity contribution is 5.91. The molecule has 0 radical (unpaired) electrons. The van der Waals surface area contributed by atoms with E-state index in [1.807, 2.05) is 48.5 Å². The van der Waals surface area contributed by atoms with Crippen LogP contribution in [0.25, 0.3) is 17.2 Å². The van der Waals surface area contributed by atoms with Gasteiger partial charge in [0, 0.05) is 30.8 Å². The molecule has 5 rings (SSSR count). The molecule has 0 aromatic heterocycles. The topological polar surface area (TPSA) is 123 Å². The van der Waals surface area contributed by atoms with Gasteiger partial charge in [0.2, 0.25) is 0 Å². The van der Waals surface area contributed by atoms with Crippen LogP contribution in [0.3, 0.4) is 0 Å². The minimum atomic E-state index is -0.542. The number of carbonyl (C=O) groups is 2. The molecule has 0 heterocycles. The molecule has 4 aromatic carbocycles. The van der Waals surface area contributed by atoms with E-state index in [-0.39, 0.29) is 30.8 Å². The number of aromatic hydroxyl groups is 1. The Morgan fingerprint density at radius 3 is 2.07 bits per heavy atom. The molecule has 4 aromatic rings. The highest BCUT2D eigenvalue weighted by Gasteiger charge is 2.28. The van der Waals surface area contributed by atoms with Gasteiger partial charge < -0.3 is 29.5 Å². The summed E-state index contributed by atoms with van der Waals surface area (Å²) >= 11 is 0. The number of carbonyl (C=O) groups excluding carboxylic acids is 2. The van der Waals surface area contributed by atoms with Gasteiger partial charge >= 0.3 is 11.9 Å². The van der Waals surface area contributed by atoms with Crippen LogP contribution in [0.15, 0.2) is 97.1 Å². The van der Waals surface area contributed by atoms with E-state index in [9.17, 15) is 14.7 Å². The van der Waals surface area contributed by atoms with Crippen molar-refractivity contribution in [2.45, 2.75) is 25.2 Å². The molecule has 3 N–H and O–H groups in total. The molecule has 44 heavy (non-hydrogen) atoms. The van der Waals surface area contributed by atoms with Crippen LogP contribution < -0.4 is 14.2 Å². The van der Waals surface area contributed by atoms with Gasteiger partial charge in [-0.2, -0.15) is 0 Å². The van der Waals surface area contributed by atoms with Crippen molar-refractivity contribution in [3.05, 3.63) is 114 Å². The van der Waals surface area contributed by atoms with Gasteiger partial charge in [-0.1, -0.05) is 36.4 Å². The van der Waals surface area contributed by atoms with Gasteiger partial charge in [0.1, 0.15) is 23.0 Å². The van der Waals surface area contributed by atoms with Crippen LogP contribution in [0.4, 0.5) is 0 Å². The molecule has 0 aliphatic heterocycles. The van der Waals surface area contributed by atoms with Gasteiger partial charge in [-0.25, -0.2) is 9.59 Å². The van der Waals surface area contributed by atoms with Crippen LogP contribution in [-0.4, -0.2) is 47.1 Å². The maximum Gasteiger partial charge on any atom is 0.343 e. The Morgan fingerprint density at radius 1 is 0.795 bits per heavy atom. The second-order valence-corrected chi connectivity index (χ2v) is 10.7. The lowest BCUT2D eigenvalue weighted by molar-refractivity contribution is -0.128. The van der Waals surface area contributed by atoms with Gasteiger partial charge in [0.15, 0.2) is 0 Å². The van der Waals surface area contributed by atoms with Crippen molar-refractivity contribution in [2.75, 3.05) is 19.8 Å². The molecular formula is C36H34O8. The first-order valence-electron chi connectivity index (χ1n) is 14.5. The SMILES string of the molecule is O=C(/C=C/c1ccc(-c2ccc(OCCC(CO)CO)cc2)cc1)Oc1ccc(OC(=O)c2ccc(O)cc2)cc1C1CC1. The van der Waals surface area contributed by atoms with Crippen LogP contribution in [0, 0.1) is 5.92 Å². The van der Waals surface area contributed by atoms with E-state index < -0.39 is 11.9 Å². The minimum absolute atomic E-state index is 0.0636. The summed E-state index contributed by atoms with van der Waals surface area (Å²) in [7, 11) is 0. The smallest absolute Gasteiger partial charge is 0.343 e. The van der Waals surface area contributed by atoms with Gasteiger partial charge in [0.05, 0.1) is 12.2 Å². The Morgan fingerprint density at radius 2 is 1.43 bits per heavy atom. The Kier molecular flexibility index (Phi) is 10.1. The van der Waals surface area contributed by atoms with E-state index in [4.69, 9.17) is 24.4 Å². The number of hydrogen-bond acceptors (Lipinski definition) is 8. The van der Waals surface area contributed by atoms with Gasteiger partial charge in [-0.15, -0.1) is 0 Å². The summed E-state index contributed by atoms with van der Waals surface area (Å²) in [6.07, 6.45) is 5.58. The highest BCUT2D eigenvalue weighted by Crippen LogP contribution is 2.45. The van der Waals surface area contributed by atoms with Crippen molar-refractivity contribution in [1.82, 2.24) is 0 Å². The second kappa shape index (κ2) is 14.5. The van der Waals surface area contributed by atoms with Crippen molar-refractivity contribution in [3.63, 3.8) is 0 Å². The molecule has 1 aliphatic carbocycles. The fourth-order valence-electron chi connectivity index (χ4n) is 4.58. The second-order valence-electron chi connectivity index (χ2n) is 10.7. The van der Waals surface area contributed by atoms with Crippen LogP contribution in [-0.2, 0) is 4.79 Å². The summed E-state index contributed by atoms with van der Waals surface area (Å²) in [5.74, 6) is 0.598. The molecule has 0 unspecified atom stereocenters. The van der Waals surface area contributed by atoms with Crippen LogP contribution >= 0.6 is 0 Å². The zero-order valence-electron chi connectivity index (χ0n) is 24.1. The number of rotatable bonds is 13. The molecule has 1 fully saturated rings. The molecule has 0 bridgehead atoms. The van der Waals surface area contributed by atoms with Crippen molar-refractivity contribution in [2.24, 2.45) is 5.92 Å². The number of phenols is 1. The van der Waals surface area contributed by atoms with Crippen molar-refractivity contribution in [3.8, 4) is 34.1 Å². The number of ether oxygens (including phenoxy) is 3. The Balaban J connectivity index is 1.16. The standard InChI is InChI=1S/C36H34O8/c37-22-25(23-38)19-20-42-31-14-10-27(11-15-31)26-4-1-24(2-5-26)3-18-35(40)44-34-17-16-32(21-33(34)28-6-7-28)43-36(41)29-8-12-30(39)13-9-29/h1-5,8-18,21,25,28,37-39H,6-7,19-20,22-23H2/b18-3+. The summed E-state index contributed by atoms with van der Waals surface area (Å²) < 4.78 is 16.9. The number of phenolic OH excluding ortho intramolecular Hbond substituents is 1. The van der Waals surface area contributed by atoms with Crippen molar-refractivity contribution >= 4 is 18.0 Å². The van der Waals surface area contributed by atoms with Crippen molar-refractivity contribution in [1.29, 1.82) is 0 Å². The molecular weight excluding hydrogens is 560 g/mol. The third-order valence-corrected chi connectivity index (χ3v) is 7.34. The molecule has 8 nitrogen and oxygen atoms in total. The Labute approximate surface area is 255 Å². The molecule has 0 atom stereocenters. The maximum absolute atomic E-state index is 12.7. The largest absolute Gasteiger partial charge is 0.508 e. The average Bonchev–Trinajstić information content (AvgIpc) is 3.89. The quantitative estimate of drug-likeness (QED) is 0.0958. The summed E-state index contributed by atoms with van der Waals surface area (Å²) in [5.41, 5.74) is 4.00. The summed E-state index contributed by atoms with van der Waals surface area (Å²) in [4.78, 5) is 25.1. The lowest BCUT2D eigenvalue weighted by Crippen LogP contribution is -2.14. The monoisotopic (exact) mass is 594 g/mol. The van der Waals surface area contributed by atoms with E-state index in [2.05, 4.69) is 0 Å².